The Kier molecular flexibility index (Phi) is 5.20. The van der Waals surface area contributed by atoms with E-state index in [1.165, 1.54) is 29.3 Å². The van der Waals surface area contributed by atoms with Crippen molar-refractivity contribution in [1.29, 1.82) is 0 Å². The summed E-state index contributed by atoms with van der Waals surface area (Å²) in [7, 11) is 3.14. The molecule has 1 saturated heterocycles. The fourth-order valence-electron chi connectivity index (χ4n) is 4.46. The number of nitrogens with zero attached hydrogens (tertiary/aromatic N) is 5. The number of rotatable bonds is 5. The zero-order valence-electron chi connectivity index (χ0n) is 18.4. The van der Waals surface area contributed by atoms with Crippen LogP contribution >= 0.6 is 0 Å². The van der Waals surface area contributed by atoms with E-state index < -0.39 is 11.7 Å². The van der Waals surface area contributed by atoms with Crippen LogP contribution in [0.2, 0.25) is 0 Å². The molecule has 2 atom stereocenters. The van der Waals surface area contributed by atoms with Gasteiger partial charge < -0.3 is 19.4 Å². The minimum atomic E-state index is -0.618. The number of aromatic nitrogens is 5. The highest BCUT2D eigenvalue weighted by molar-refractivity contribution is 5.98. The van der Waals surface area contributed by atoms with Gasteiger partial charge in [-0.3, -0.25) is 4.79 Å². The van der Waals surface area contributed by atoms with Crippen molar-refractivity contribution in [3.05, 3.63) is 59.9 Å². The van der Waals surface area contributed by atoms with Crippen LogP contribution in [0.25, 0.3) is 16.7 Å². The predicted molar refractivity (Wildman–Crippen MR) is 118 cm³/mol. The van der Waals surface area contributed by atoms with Crippen LogP contribution in [0, 0.1) is 11.7 Å². The van der Waals surface area contributed by atoms with E-state index in [4.69, 9.17) is 14.5 Å². The molecule has 2 aromatic carbocycles. The summed E-state index contributed by atoms with van der Waals surface area (Å²) in [5.41, 5.74) is 1.69. The van der Waals surface area contributed by atoms with Crippen LogP contribution < -0.4 is 9.47 Å². The van der Waals surface area contributed by atoms with Gasteiger partial charge in [-0.25, -0.2) is 9.37 Å². The van der Waals surface area contributed by atoms with Gasteiger partial charge >= 0.3 is 0 Å². The molecule has 170 valence electrons. The number of imidazole rings is 1. The van der Waals surface area contributed by atoms with E-state index in [2.05, 4.69) is 22.1 Å². The van der Waals surface area contributed by atoms with E-state index in [0.717, 1.165) is 11.9 Å². The molecule has 9 nitrogen and oxygen atoms in total. The van der Waals surface area contributed by atoms with E-state index in [1.807, 2.05) is 6.07 Å². The lowest BCUT2D eigenvalue weighted by molar-refractivity contribution is 0.0709. The molecule has 0 bridgehead atoms. The van der Waals surface area contributed by atoms with Crippen molar-refractivity contribution >= 4 is 16.9 Å². The van der Waals surface area contributed by atoms with Crippen molar-refractivity contribution < 1.29 is 18.7 Å². The molecule has 1 fully saturated rings. The van der Waals surface area contributed by atoms with Crippen molar-refractivity contribution in [2.75, 3.05) is 20.8 Å². The minimum Gasteiger partial charge on any atom is -0.493 e. The number of methoxy groups -OCH3 is 2. The highest BCUT2D eigenvalue weighted by Gasteiger charge is 2.39. The van der Waals surface area contributed by atoms with Gasteiger partial charge in [0, 0.05) is 18.7 Å². The molecule has 4 aromatic rings. The van der Waals surface area contributed by atoms with Crippen LogP contribution in [0.4, 0.5) is 4.39 Å². The molecule has 1 aliphatic heterocycles. The molecule has 3 heterocycles. The third-order valence-corrected chi connectivity index (χ3v) is 6.09. The van der Waals surface area contributed by atoms with Gasteiger partial charge in [0.15, 0.2) is 11.5 Å². The van der Waals surface area contributed by atoms with Gasteiger partial charge in [0.2, 0.25) is 0 Å². The Labute approximate surface area is 189 Å². The number of ether oxygens (including phenoxy) is 2. The molecule has 0 saturated carbocycles. The third kappa shape index (κ3) is 3.47. The van der Waals surface area contributed by atoms with E-state index >= 15 is 0 Å². The van der Waals surface area contributed by atoms with Crippen molar-refractivity contribution in [2.24, 2.45) is 5.92 Å². The number of nitrogens with one attached hydrogen (secondary N) is 1. The van der Waals surface area contributed by atoms with Crippen LogP contribution in [-0.2, 0) is 0 Å². The number of amides is 1. The summed E-state index contributed by atoms with van der Waals surface area (Å²) >= 11 is 0. The number of fused-ring (bicyclic) bond motifs is 1. The second-order valence-electron chi connectivity index (χ2n) is 8.01. The molecule has 1 amide bonds. The number of halogens is 1. The van der Waals surface area contributed by atoms with Crippen LogP contribution in [0.15, 0.2) is 42.7 Å². The van der Waals surface area contributed by atoms with Gasteiger partial charge in [0.25, 0.3) is 5.91 Å². The Balaban J connectivity index is 1.56. The average Bonchev–Trinajstić information content (AvgIpc) is 3.56. The Morgan fingerprint density at radius 3 is 2.61 bits per heavy atom. The normalized spacial score (nSPS) is 18.1. The first-order valence-electron chi connectivity index (χ1n) is 10.6. The summed E-state index contributed by atoms with van der Waals surface area (Å²) in [4.78, 5) is 24.7. The SMILES string of the molecule is COc1cc2nc([C@@H]3[C@@H](C)CCN3C(=O)c3c(F)cccc3-n3nccn3)[nH]c2cc1OC. The number of likely N-dealkylation sites (tertiary alicyclic amines) is 1. The monoisotopic (exact) mass is 450 g/mol. The largest absolute Gasteiger partial charge is 0.493 e. The number of benzene rings is 2. The standard InChI is InChI=1S/C23H23FN6O3/c1-13-7-10-29(23(31)20-14(24)5-4-6-17(20)30-25-8-9-26-30)21(13)22-27-15-11-18(32-2)19(33-3)12-16(15)28-22/h4-6,8-9,11-13,21H,7,10H2,1-3H3,(H,27,28)/t13-,21-/m0/s1. The average molecular weight is 450 g/mol. The van der Waals surface area contributed by atoms with Gasteiger partial charge in [-0.15, -0.1) is 0 Å². The molecule has 1 aliphatic rings. The first-order valence-corrected chi connectivity index (χ1v) is 10.6. The van der Waals surface area contributed by atoms with Crippen molar-refractivity contribution in [1.82, 2.24) is 29.9 Å². The lowest BCUT2D eigenvalue weighted by atomic mass is 10.0. The van der Waals surface area contributed by atoms with E-state index in [0.29, 0.717) is 35.1 Å². The maximum Gasteiger partial charge on any atom is 0.259 e. The second kappa shape index (κ2) is 8.19. The zero-order chi connectivity index (χ0) is 23.1. The lowest BCUT2D eigenvalue weighted by Gasteiger charge is -2.26. The molecule has 33 heavy (non-hydrogen) atoms. The molecular weight excluding hydrogens is 427 g/mol. The minimum absolute atomic E-state index is 0.0627. The maximum atomic E-state index is 14.9. The number of carbonyl (C=O) groups excluding carboxylic acids is 1. The smallest absolute Gasteiger partial charge is 0.259 e. The van der Waals surface area contributed by atoms with E-state index in [9.17, 15) is 9.18 Å². The molecule has 5 rings (SSSR count). The molecular formula is C23H23FN6O3. The maximum absolute atomic E-state index is 14.9. The molecule has 0 aliphatic carbocycles. The summed E-state index contributed by atoms with van der Waals surface area (Å²) < 4.78 is 25.7. The first-order chi connectivity index (χ1) is 16.0. The van der Waals surface area contributed by atoms with Gasteiger partial charge in [-0.1, -0.05) is 13.0 Å². The summed E-state index contributed by atoms with van der Waals surface area (Å²) in [5.74, 6) is 0.858. The van der Waals surface area contributed by atoms with E-state index in [-0.39, 0.29) is 17.5 Å². The molecule has 2 aromatic heterocycles. The van der Waals surface area contributed by atoms with Gasteiger partial charge in [-0.05, 0) is 24.5 Å². The third-order valence-electron chi connectivity index (χ3n) is 6.09. The van der Waals surface area contributed by atoms with E-state index in [1.54, 1.807) is 31.3 Å². The number of carbonyl (C=O) groups is 1. The Morgan fingerprint density at radius 1 is 1.15 bits per heavy atom. The first kappa shape index (κ1) is 20.9. The zero-order valence-corrected chi connectivity index (χ0v) is 18.4. The predicted octanol–water partition coefficient (Wildman–Crippen LogP) is 3.52. The summed E-state index contributed by atoms with van der Waals surface area (Å²) in [6, 6.07) is 7.70. The highest BCUT2D eigenvalue weighted by atomic mass is 19.1. The molecule has 0 unspecified atom stereocenters. The van der Waals surface area contributed by atoms with Crippen LogP contribution in [0.3, 0.4) is 0 Å². The Morgan fingerprint density at radius 2 is 1.88 bits per heavy atom. The van der Waals surface area contributed by atoms with Gasteiger partial charge in [-0.2, -0.15) is 15.0 Å². The number of hydrogen-bond donors (Lipinski definition) is 1. The van der Waals surface area contributed by atoms with Crippen molar-refractivity contribution in [2.45, 2.75) is 19.4 Å². The molecule has 10 heteroatoms. The van der Waals surface area contributed by atoms with Crippen LogP contribution in [0.5, 0.6) is 11.5 Å². The summed E-state index contributed by atoms with van der Waals surface area (Å²) in [6.07, 6.45) is 3.73. The number of hydrogen-bond acceptors (Lipinski definition) is 6. The van der Waals surface area contributed by atoms with Crippen LogP contribution in [0.1, 0.15) is 35.6 Å². The number of H-pyrrole nitrogens is 1. The van der Waals surface area contributed by atoms with Crippen molar-refractivity contribution in [3.63, 3.8) is 0 Å². The number of aromatic amines is 1. The molecule has 1 N–H and O–H groups in total. The highest BCUT2D eigenvalue weighted by Crippen LogP contribution is 2.39. The fourth-order valence-corrected chi connectivity index (χ4v) is 4.46. The summed E-state index contributed by atoms with van der Waals surface area (Å²) in [6.45, 7) is 2.54. The Hall–Kier alpha value is -3.95. The summed E-state index contributed by atoms with van der Waals surface area (Å²) in [5, 5.41) is 8.15. The molecule has 0 radical (unpaired) electrons. The van der Waals surface area contributed by atoms with Gasteiger partial charge in [0.1, 0.15) is 22.9 Å². The van der Waals surface area contributed by atoms with Gasteiger partial charge in [0.05, 0.1) is 43.7 Å². The second-order valence-corrected chi connectivity index (χ2v) is 8.01. The molecule has 0 spiro atoms. The van der Waals surface area contributed by atoms with Crippen molar-refractivity contribution in [3.8, 4) is 17.2 Å². The lowest BCUT2D eigenvalue weighted by Crippen LogP contribution is -2.34. The van der Waals surface area contributed by atoms with Crippen LogP contribution in [-0.4, -0.2) is 56.5 Å². The quantitative estimate of drug-likeness (QED) is 0.500. The Bertz CT molecular complexity index is 1280. The fraction of sp³-hybridized carbons (Fsp3) is 0.304. The topological polar surface area (TPSA) is 98.2 Å².